The molecule has 2 heterocycles. The van der Waals surface area contributed by atoms with E-state index in [0.29, 0.717) is 17.1 Å². The Morgan fingerprint density at radius 3 is 2.65 bits per heavy atom. The normalized spacial score (nSPS) is 13.0. The number of aliphatic hydroxyl groups is 1. The zero-order chi connectivity index (χ0) is 22.0. The maximum Gasteiger partial charge on any atom is 0.280 e. The highest BCUT2D eigenvalue weighted by atomic mass is 32.1. The molecule has 0 spiro atoms. The second-order valence-corrected chi connectivity index (χ2v) is 7.98. The summed E-state index contributed by atoms with van der Waals surface area (Å²) in [4.78, 5) is 20.9. The highest BCUT2D eigenvalue weighted by molar-refractivity contribution is 7.22. The van der Waals surface area contributed by atoms with Gasteiger partial charge < -0.3 is 14.9 Å². The number of aromatic hydroxyl groups is 1. The summed E-state index contributed by atoms with van der Waals surface area (Å²) in [6.45, 7) is 1.93. The molecule has 158 valence electrons. The van der Waals surface area contributed by atoms with Crippen molar-refractivity contribution in [2.75, 3.05) is 12.4 Å². The first-order valence-electron chi connectivity index (χ1n) is 9.68. The van der Waals surface area contributed by atoms with Crippen molar-refractivity contribution >= 4 is 32.6 Å². The van der Waals surface area contributed by atoms with E-state index in [4.69, 9.17) is 4.74 Å². The van der Waals surface area contributed by atoms with Crippen molar-refractivity contribution in [3.63, 3.8) is 0 Å². The van der Waals surface area contributed by atoms with Crippen LogP contribution in [0.1, 0.15) is 35.0 Å². The molecule has 2 aromatic heterocycles. The van der Waals surface area contributed by atoms with Crippen molar-refractivity contribution < 1.29 is 19.7 Å². The molecule has 4 rings (SSSR count). The van der Waals surface area contributed by atoms with Gasteiger partial charge in [0.2, 0.25) is 0 Å². The monoisotopic (exact) mass is 435 g/mol. The van der Waals surface area contributed by atoms with E-state index < -0.39 is 11.5 Å². The number of ether oxygens (including phenoxy) is 1. The Hall–Kier alpha value is -3.49. The van der Waals surface area contributed by atoms with Crippen molar-refractivity contribution in [2.24, 2.45) is 0 Å². The lowest BCUT2D eigenvalue weighted by molar-refractivity contribution is 0.0767. The van der Waals surface area contributed by atoms with E-state index in [0.717, 1.165) is 15.8 Å². The first-order chi connectivity index (χ1) is 15.0. The summed E-state index contributed by atoms with van der Waals surface area (Å²) in [6.07, 6.45) is 1.89. The lowest BCUT2D eigenvalue weighted by atomic mass is 9.84. The van der Waals surface area contributed by atoms with Gasteiger partial charge in [-0.25, -0.2) is 9.97 Å². The van der Waals surface area contributed by atoms with Crippen LogP contribution in [0.5, 0.6) is 11.5 Å². The van der Waals surface area contributed by atoms with Gasteiger partial charge in [-0.05, 0) is 29.7 Å². The van der Waals surface area contributed by atoms with Gasteiger partial charge in [-0.15, -0.1) is 0 Å². The van der Waals surface area contributed by atoms with E-state index in [-0.39, 0.29) is 17.2 Å². The van der Waals surface area contributed by atoms with Crippen LogP contribution in [-0.2, 0) is 5.60 Å². The average molecular weight is 436 g/mol. The number of hydrogen-bond acceptors (Lipinski definition) is 7. The number of anilines is 1. The molecule has 31 heavy (non-hydrogen) atoms. The molecule has 1 atom stereocenters. The fourth-order valence-corrected chi connectivity index (χ4v) is 4.35. The number of thiazole rings is 1. The third-order valence-electron chi connectivity index (χ3n) is 5.17. The number of carbonyl (C=O) groups excluding carboxylic acids is 1. The van der Waals surface area contributed by atoms with Crippen LogP contribution in [-0.4, -0.2) is 33.2 Å². The van der Waals surface area contributed by atoms with Crippen molar-refractivity contribution in [1.82, 2.24) is 9.97 Å². The Morgan fingerprint density at radius 1 is 1.16 bits per heavy atom. The number of pyridine rings is 1. The molecular formula is C23H21N3O4S. The van der Waals surface area contributed by atoms with E-state index in [1.807, 2.05) is 55.5 Å². The second-order valence-electron chi connectivity index (χ2n) is 6.95. The van der Waals surface area contributed by atoms with Gasteiger partial charge in [-0.2, -0.15) is 0 Å². The molecule has 0 radical (unpaired) electrons. The number of benzene rings is 2. The lowest BCUT2D eigenvalue weighted by Gasteiger charge is -2.28. The van der Waals surface area contributed by atoms with Gasteiger partial charge in [0.15, 0.2) is 22.3 Å². The van der Waals surface area contributed by atoms with Crippen LogP contribution >= 0.6 is 11.3 Å². The molecule has 0 aliphatic rings. The fourth-order valence-electron chi connectivity index (χ4n) is 3.45. The van der Waals surface area contributed by atoms with Crippen LogP contribution in [0.4, 0.5) is 5.13 Å². The molecule has 2 aromatic carbocycles. The molecule has 4 aromatic rings. The molecular weight excluding hydrogens is 414 g/mol. The standard InChI is InChI=1S/C23H21N3O4S/c1-3-23(29,14-7-5-4-6-8-14)15-9-10-16-18(13-15)31-22(25-16)26-21(28)19-20(27)17(30-2)11-12-24-19/h4-13,27,29H,3H2,1-2H3,(H,25,26,28). The van der Waals surface area contributed by atoms with E-state index in [1.54, 1.807) is 0 Å². The number of nitrogens with zero attached hydrogens (tertiary/aromatic N) is 2. The number of rotatable bonds is 6. The van der Waals surface area contributed by atoms with Crippen molar-refractivity contribution in [3.8, 4) is 11.5 Å². The minimum absolute atomic E-state index is 0.149. The molecule has 8 heteroatoms. The molecule has 7 nitrogen and oxygen atoms in total. The topological polar surface area (TPSA) is 105 Å². The first-order valence-corrected chi connectivity index (χ1v) is 10.5. The number of aromatic nitrogens is 2. The molecule has 0 fully saturated rings. The Morgan fingerprint density at radius 2 is 1.94 bits per heavy atom. The van der Waals surface area contributed by atoms with Gasteiger partial charge in [-0.1, -0.05) is 54.7 Å². The highest BCUT2D eigenvalue weighted by Gasteiger charge is 2.30. The number of methoxy groups -OCH3 is 1. The third-order valence-corrected chi connectivity index (χ3v) is 6.11. The van der Waals surface area contributed by atoms with E-state index in [9.17, 15) is 15.0 Å². The molecule has 1 amide bonds. The minimum atomic E-state index is -1.13. The van der Waals surface area contributed by atoms with Gasteiger partial charge >= 0.3 is 0 Å². The quantitative estimate of drug-likeness (QED) is 0.417. The van der Waals surface area contributed by atoms with Crippen LogP contribution in [0.25, 0.3) is 10.2 Å². The summed E-state index contributed by atoms with van der Waals surface area (Å²) >= 11 is 1.28. The molecule has 0 saturated heterocycles. The van der Waals surface area contributed by atoms with Gasteiger partial charge in [0, 0.05) is 12.3 Å². The Labute approximate surface area is 183 Å². The molecule has 0 saturated carbocycles. The lowest BCUT2D eigenvalue weighted by Crippen LogP contribution is -2.26. The summed E-state index contributed by atoms with van der Waals surface area (Å²) < 4.78 is 5.84. The van der Waals surface area contributed by atoms with Crippen molar-refractivity contribution in [2.45, 2.75) is 18.9 Å². The zero-order valence-corrected chi connectivity index (χ0v) is 17.8. The molecule has 0 bridgehead atoms. The summed E-state index contributed by atoms with van der Waals surface area (Å²) in [5.41, 5.74) is 0.984. The van der Waals surface area contributed by atoms with Gasteiger partial charge in [0.1, 0.15) is 5.60 Å². The fraction of sp³-hybridized carbons (Fsp3) is 0.174. The molecule has 3 N–H and O–H groups in total. The number of fused-ring (bicyclic) bond motifs is 1. The van der Waals surface area contributed by atoms with Crippen molar-refractivity contribution in [1.29, 1.82) is 0 Å². The maximum absolute atomic E-state index is 12.6. The number of nitrogens with one attached hydrogen (secondary N) is 1. The number of carbonyl (C=O) groups is 1. The van der Waals surface area contributed by atoms with Crippen LogP contribution < -0.4 is 10.1 Å². The molecule has 0 aliphatic carbocycles. The predicted octanol–water partition coefficient (Wildman–Crippen LogP) is 4.30. The summed E-state index contributed by atoms with van der Waals surface area (Å²) in [5, 5.41) is 24.5. The number of hydrogen-bond donors (Lipinski definition) is 3. The van der Waals surface area contributed by atoms with E-state index in [1.165, 1.54) is 30.7 Å². The van der Waals surface area contributed by atoms with E-state index >= 15 is 0 Å². The van der Waals surface area contributed by atoms with Crippen molar-refractivity contribution in [3.05, 3.63) is 77.6 Å². The first kappa shape index (κ1) is 20.8. The van der Waals surface area contributed by atoms with Crippen LogP contribution in [0.3, 0.4) is 0 Å². The second kappa shape index (κ2) is 8.33. The van der Waals surface area contributed by atoms with Crippen LogP contribution in [0, 0.1) is 0 Å². The van der Waals surface area contributed by atoms with Crippen LogP contribution in [0.2, 0.25) is 0 Å². The Kier molecular flexibility index (Phi) is 5.58. The van der Waals surface area contributed by atoms with Crippen LogP contribution in [0.15, 0.2) is 60.8 Å². The Balaban J connectivity index is 1.65. The summed E-state index contributed by atoms with van der Waals surface area (Å²) in [7, 11) is 1.40. The largest absolute Gasteiger partial charge is 0.503 e. The predicted molar refractivity (Wildman–Crippen MR) is 120 cm³/mol. The summed E-state index contributed by atoms with van der Waals surface area (Å²) in [5.74, 6) is -0.763. The minimum Gasteiger partial charge on any atom is -0.503 e. The van der Waals surface area contributed by atoms with Gasteiger partial charge in [0.05, 0.1) is 17.3 Å². The third kappa shape index (κ3) is 3.83. The smallest absolute Gasteiger partial charge is 0.280 e. The van der Waals surface area contributed by atoms with Gasteiger partial charge in [-0.3, -0.25) is 10.1 Å². The number of amides is 1. The zero-order valence-electron chi connectivity index (χ0n) is 17.0. The molecule has 1 unspecified atom stereocenters. The average Bonchev–Trinajstić information content (AvgIpc) is 3.20. The Bertz CT molecular complexity index is 1240. The SMILES string of the molecule is CCC(O)(c1ccccc1)c1ccc2nc(NC(=O)c3nccc(OC)c3O)sc2c1. The maximum atomic E-state index is 12.6. The van der Waals surface area contributed by atoms with Gasteiger partial charge in [0.25, 0.3) is 5.91 Å². The highest BCUT2D eigenvalue weighted by Crippen LogP contribution is 2.36. The summed E-state index contributed by atoms with van der Waals surface area (Å²) in [6, 6.07) is 16.5. The van der Waals surface area contributed by atoms with E-state index in [2.05, 4.69) is 15.3 Å². The molecule has 0 aliphatic heterocycles.